The van der Waals surface area contributed by atoms with Crippen LogP contribution in [0.4, 0.5) is 0 Å². The topological polar surface area (TPSA) is 39.2 Å². The third kappa shape index (κ3) is 3.12. The fourth-order valence-corrected chi connectivity index (χ4v) is 2.03. The summed E-state index contributed by atoms with van der Waals surface area (Å²) in [5.74, 6) is 0.707. The summed E-state index contributed by atoms with van der Waals surface area (Å²) in [5.41, 5.74) is 3.09. The lowest BCUT2D eigenvalue weighted by atomic mass is 10.0. The van der Waals surface area contributed by atoms with Gasteiger partial charge in [-0.1, -0.05) is 12.1 Å². The van der Waals surface area contributed by atoms with Gasteiger partial charge in [0.1, 0.15) is 12.4 Å². The Morgan fingerprint density at radius 1 is 1.26 bits per heavy atom. The zero-order chi connectivity index (χ0) is 13.8. The lowest BCUT2D eigenvalue weighted by Gasteiger charge is -2.12. The molecule has 0 aliphatic carbocycles. The summed E-state index contributed by atoms with van der Waals surface area (Å²) < 4.78 is 5.72. The lowest BCUT2D eigenvalue weighted by molar-refractivity contribution is 0.107. The molecule has 2 rings (SSSR count). The first-order chi connectivity index (χ1) is 9.09. The molecule has 0 saturated carbocycles. The zero-order valence-electron chi connectivity index (χ0n) is 10.8. The van der Waals surface area contributed by atoms with Gasteiger partial charge in [-0.3, -0.25) is 9.78 Å². The van der Waals surface area contributed by atoms with Crippen molar-refractivity contribution < 1.29 is 9.53 Å². The van der Waals surface area contributed by atoms with Crippen molar-refractivity contribution >= 4 is 16.8 Å². The maximum Gasteiger partial charge on any atom is 0.252 e. The Morgan fingerprint density at radius 3 is 2.74 bits per heavy atom. The van der Waals surface area contributed by atoms with Crippen LogP contribution in [0.3, 0.4) is 0 Å². The van der Waals surface area contributed by atoms with Crippen LogP contribution in [0.25, 0.3) is 0 Å². The monoisotopic (exact) mass is 275 g/mol. The maximum absolute atomic E-state index is 11.4. The fourth-order valence-electron chi connectivity index (χ4n) is 1.85. The minimum atomic E-state index is -0.467. The third-order valence-electron chi connectivity index (χ3n) is 2.95. The molecule has 1 aromatic carbocycles. The number of carbonyl (C=O) groups excluding carboxylic acids is 1. The quantitative estimate of drug-likeness (QED) is 0.800. The Bertz CT molecular complexity index is 611. The van der Waals surface area contributed by atoms with Crippen molar-refractivity contribution in [2.45, 2.75) is 20.5 Å². The van der Waals surface area contributed by atoms with Crippen molar-refractivity contribution in [3.05, 3.63) is 58.9 Å². The second-order valence-corrected chi connectivity index (χ2v) is 4.59. The van der Waals surface area contributed by atoms with E-state index in [-0.39, 0.29) is 0 Å². The van der Waals surface area contributed by atoms with Gasteiger partial charge in [0, 0.05) is 17.3 Å². The van der Waals surface area contributed by atoms with Gasteiger partial charge in [-0.15, -0.1) is 0 Å². The molecule has 98 valence electrons. The average Bonchev–Trinajstić information content (AvgIpc) is 2.38. The van der Waals surface area contributed by atoms with E-state index in [0.29, 0.717) is 17.9 Å². The highest BCUT2D eigenvalue weighted by molar-refractivity contribution is 6.67. The third-order valence-corrected chi connectivity index (χ3v) is 3.16. The molecule has 0 aliphatic rings. The zero-order valence-corrected chi connectivity index (χ0v) is 11.6. The van der Waals surface area contributed by atoms with E-state index in [9.17, 15) is 4.79 Å². The van der Waals surface area contributed by atoms with Crippen LogP contribution < -0.4 is 4.74 Å². The molecule has 0 spiro atoms. The lowest BCUT2D eigenvalue weighted by Crippen LogP contribution is -2.05. The first-order valence-electron chi connectivity index (χ1n) is 5.92. The van der Waals surface area contributed by atoms with Crippen LogP contribution in [0.5, 0.6) is 5.75 Å². The van der Waals surface area contributed by atoms with E-state index in [0.717, 1.165) is 16.8 Å². The molecule has 0 saturated heterocycles. The van der Waals surface area contributed by atoms with Crippen molar-refractivity contribution in [1.29, 1.82) is 0 Å². The van der Waals surface area contributed by atoms with Crippen molar-refractivity contribution in [2.24, 2.45) is 0 Å². The van der Waals surface area contributed by atoms with Crippen molar-refractivity contribution in [2.75, 3.05) is 0 Å². The van der Waals surface area contributed by atoms with Crippen LogP contribution >= 0.6 is 11.6 Å². The number of aromatic nitrogens is 1. The van der Waals surface area contributed by atoms with E-state index in [2.05, 4.69) is 4.98 Å². The van der Waals surface area contributed by atoms with E-state index >= 15 is 0 Å². The molecule has 0 atom stereocenters. The summed E-state index contributed by atoms with van der Waals surface area (Å²) >= 11 is 5.59. The number of ether oxygens (including phenoxy) is 1. The largest absolute Gasteiger partial charge is 0.487 e. The standard InChI is InChI=1S/C15H14ClNO2/c1-10-5-3-6-12(15(16)18)13(10)9-19-14-7-4-8-17-11(14)2/h3-8H,9H2,1-2H3. The highest BCUT2D eigenvalue weighted by Gasteiger charge is 2.12. The fraction of sp³-hybridized carbons (Fsp3) is 0.200. The number of halogens is 1. The van der Waals surface area contributed by atoms with Crippen molar-refractivity contribution in [3.8, 4) is 5.75 Å². The molecule has 0 bridgehead atoms. The number of benzene rings is 1. The molecule has 0 amide bonds. The van der Waals surface area contributed by atoms with Gasteiger partial charge in [0.2, 0.25) is 0 Å². The van der Waals surface area contributed by atoms with Gasteiger partial charge in [-0.05, 0) is 49.2 Å². The molecule has 0 unspecified atom stereocenters. The average molecular weight is 276 g/mol. The maximum atomic E-state index is 11.4. The van der Waals surface area contributed by atoms with Gasteiger partial charge in [0.05, 0.1) is 5.69 Å². The van der Waals surface area contributed by atoms with Crippen molar-refractivity contribution in [3.63, 3.8) is 0 Å². The van der Waals surface area contributed by atoms with Gasteiger partial charge in [0.25, 0.3) is 5.24 Å². The Labute approximate surface area is 117 Å². The number of nitrogens with zero attached hydrogens (tertiary/aromatic N) is 1. The van der Waals surface area contributed by atoms with Crippen LogP contribution in [-0.4, -0.2) is 10.2 Å². The van der Waals surface area contributed by atoms with E-state index < -0.39 is 5.24 Å². The minimum absolute atomic E-state index is 0.299. The molecule has 3 nitrogen and oxygen atoms in total. The molecular weight excluding hydrogens is 262 g/mol. The minimum Gasteiger partial charge on any atom is -0.487 e. The smallest absolute Gasteiger partial charge is 0.252 e. The molecule has 0 N–H and O–H groups in total. The van der Waals surface area contributed by atoms with Gasteiger partial charge < -0.3 is 4.74 Å². The van der Waals surface area contributed by atoms with Gasteiger partial charge in [-0.2, -0.15) is 0 Å². The summed E-state index contributed by atoms with van der Waals surface area (Å²) in [4.78, 5) is 15.5. The molecule has 1 aromatic heterocycles. The predicted molar refractivity (Wildman–Crippen MR) is 74.7 cm³/mol. The van der Waals surface area contributed by atoms with Crippen LogP contribution in [0.1, 0.15) is 27.2 Å². The number of pyridine rings is 1. The summed E-state index contributed by atoms with van der Waals surface area (Å²) in [6, 6.07) is 9.11. The van der Waals surface area contributed by atoms with Crippen LogP contribution in [0.2, 0.25) is 0 Å². The second-order valence-electron chi connectivity index (χ2n) is 4.25. The van der Waals surface area contributed by atoms with Crippen LogP contribution in [0, 0.1) is 13.8 Å². The summed E-state index contributed by atoms with van der Waals surface area (Å²) in [7, 11) is 0. The molecule has 0 aliphatic heterocycles. The van der Waals surface area contributed by atoms with E-state index in [1.807, 2.05) is 38.1 Å². The number of rotatable bonds is 4. The Kier molecular flexibility index (Phi) is 4.17. The number of hydrogen-bond acceptors (Lipinski definition) is 3. The molecule has 19 heavy (non-hydrogen) atoms. The first-order valence-corrected chi connectivity index (χ1v) is 6.30. The number of aryl methyl sites for hydroxylation is 2. The number of carbonyl (C=O) groups is 1. The van der Waals surface area contributed by atoms with E-state index in [4.69, 9.17) is 16.3 Å². The Morgan fingerprint density at radius 2 is 2.05 bits per heavy atom. The van der Waals surface area contributed by atoms with Crippen molar-refractivity contribution in [1.82, 2.24) is 4.98 Å². The molecule has 4 heteroatoms. The van der Waals surface area contributed by atoms with Crippen LogP contribution in [-0.2, 0) is 6.61 Å². The number of hydrogen-bond donors (Lipinski definition) is 0. The van der Waals surface area contributed by atoms with Gasteiger partial charge >= 0.3 is 0 Å². The van der Waals surface area contributed by atoms with Gasteiger partial charge in [0.15, 0.2) is 0 Å². The van der Waals surface area contributed by atoms with Crippen LogP contribution in [0.15, 0.2) is 36.5 Å². The molecule has 1 heterocycles. The highest BCUT2D eigenvalue weighted by atomic mass is 35.5. The Balaban J connectivity index is 2.25. The normalized spacial score (nSPS) is 10.3. The second kappa shape index (κ2) is 5.85. The molecule has 0 radical (unpaired) electrons. The predicted octanol–water partition coefficient (Wildman–Crippen LogP) is 3.66. The summed E-state index contributed by atoms with van der Waals surface area (Å²) in [6.45, 7) is 4.10. The molecule has 2 aromatic rings. The van der Waals surface area contributed by atoms with E-state index in [1.165, 1.54) is 0 Å². The molecular formula is C15H14ClNO2. The molecule has 0 fully saturated rings. The Hall–Kier alpha value is -1.87. The highest BCUT2D eigenvalue weighted by Crippen LogP contribution is 2.20. The SMILES string of the molecule is Cc1cccc(C(=O)Cl)c1COc1cccnc1C. The summed E-state index contributed by atoms with van der Waals surface area (Å²) in [6.07, 6.45) is 1.71. The van der Waals surface area contributed by atoms with E-state index in [1.54, 1.807) is 12.3 Å². The van der Waals surface area contributed by atoms with Gasteiger partial charge in [-0.25, -0.2) is 0 Å². The first kappa shape index (κ1) is 13.6. The summed E-state index contributed by atoms with van der Waals surface area (Å²) in [5, 5.41) is -0.467.